The highest BCUT2D eigenvalue weighted by Crippen LogP contribution is 2.26. The molecule has 100 valence electrons. The molecule has 4 heteroatoms. The van der Waals surface area contributed by atoms with Crippen LogP contribution in [0.2, 0.25) is 0 Å². The quantitative estimate of drug-likeness (QED) is 0.811. The summed E-state index contributed by atoms with van der Waals surface area (Å²) < 4.78 is 7.69. The van der Waals surface area contributed by atoms with Crippen LogP contribution in [0, 0.1) is 0 Å². The van der Waals surface area contributed by atoms with Gasteiger partial charge in [0.25, 0.3) is 0 Å². The van der Waals surface area contributed by atoms with Gasteiger partial charge in [-0.1, -0.05) is 19.1 Å². The zero-order chi connectivity index (χ0) is 13.7. The number of hydrogen-bond donors (Lipinski definition) is 1. The predicted octanol–water partition coefficient (Wildman–Crippen LogP) is 3.07. The molecule has 0 amide bonds. The van der Waals surface area contributed by atoms with Gasteiger partial charge < -0.3 is 14.4 Å². The number of carbonyl (C=O) groups is 1. The van der Waals surface area contributed by atoms with Gasteiger partial charge >= 0.3 is 5.97 Å². The van der Waals surface area contributed by atoms with Crippen LogP contribution in [0.25, 0.3) is 10.9 Å². The molecule has 1 N–H and O–H groups in total. The Morgan fingerprint density at radius 3 is 3.00 bits per heavy atom. The van der Waals surface area contributed by atoms with Gasteiger partial charge in [0.1, 0.15) is 5.75 Å². The fraction of sp³-hybridized carbons (Fsp3) is 0.267. The number of hydrogen-bond acceptors (Lipinski definition) is 2. The van der Waals surface area contributed by atoms with Crippen LogP contribution in [-0.2, 0) is 11.3 Å². The Bertz CT molecular complexity index is 598. The summed E-state index contributed by atoms with van der Waals surface area (Å²) in [5, 5.41) is 9.64. The largest absolute Gasteiger partial charge is 0.493 e. The van der Waals surface area contributed by atoms with Gasteiger partial charge in [0.05, 0.1) is 12.1 Å². The highest BCUT2D eigenvalue weighted by molar-refractivity contribution is 5.86. The second-order valence-corrected chi connectivity index (χ2v) is 4.25. The third-order valence-electron chi connectivity index (χ3n) is 2.80. The SMILES string of the molecule is CCCOc1cccc2c1ccn2C/C=C/C(=O)O. The molecule has 0 unspecified atom stereocenters. The molecule has 0 saturated carbocycles. The minimum Gasteiger partial charge on any atom is -0.493 e. The Labute approximate surface area is 111 Å². The number of allylic oxidation sites excluding steroid dienone is 1. The molecular formula is C15H17NO3. The van der Waals surface area contributed by atoms with Crippen LogP contribution in [0.5, 0.6) is 5.75 Å². The lowest BCUT2D eigenvalue weighted by molar-refractivity contribution is -0.131. The van der Waals surface area contributed by atoms with E-state index in [2.05, 4.69) is 6.92 Å². The van der Waals surface area contributed by atoms with Gasteiger partial charge in [-0.2, -0.15) is 0 Å². The molecule has 0 bridgehead atoms. The first-order valence-corrected chi connectivity index (χ1v) is 6.32. The molecule has 0 atom stereocenters. The average molecular weight is 259 g/mol. The molecule has 2 rings (SSSR count). The second-order valence-electron chi connectivity index (χ2n) is 4.25. The van der Waals surface area contributed by atoms with E-state index in [1.165, 1.54) is 0 Å². The fourth-order valence-corrected chi connectivity index (χ4v) is 1.96. The van der Waals surface area contributed by atoms with Crippen molar-refractivity contribution >= 4 is 16.9 Å². The van der Waals surface area contributed by atoms with E-state index < -0.39 is 5.97 Å². The van der Waals surface area contributed by atoms with Crippen molar-refractivity contribution in [3.63, 3.8) is 0 Å². The first kappa shape index (κ1) is 13.2. The van der Waals surface area contributed by atoms with E-state index >= 15 is 0 Å². The van der Waals surface area contributed by atoms with Crippen LogP contribution in [-0.4, -0.2) is 22.2 Å². The minimum absolute atomic E-state index is 0.535. The number of aliphatic carboxylic acids is 1. The molecule has 0 aliphatic heterocycles. The van der Waals surface area contributed by atoms with E-state index in [-0.39, 0.29) is 0 Å². The number of rotatable bonds is 6. The normalized spacial score (nSPS) is 11.2. The number of nitrogens with zero attached hydrogens (tertiary/aromatic N) is 1. The number of aromatic nitrogens is 1. The van der Waals surface area contributed by atoms with Crippen molar-refractivity contribution in [2.24, 2.45) is 0 Å². The lowest BCUT2D eigenvalue weighted by Crippen LogP contribution is -1.97. The summed E-state index contributed by atoms with van der Waals surface area (Å²) in [6, 6.07) is 7.90. The summed E-state index contributed by atoms with van der Waals surface area (Å²) in [6.07, 6.45) is 5.69. The lowest BCUT2D eigenvalue weighted by Gasteiger charge is -2.07. The van der Waals surface area contributed by atoms with Gasteiger partial charge in [-0.15, -0.1) is 0 Å². The highest BCUT2D eigenvalue weighted by Gasteiger charge is 2.05. The molecular weight excluding hydrogens is 242 g/mol. The van der Waals surface area contributed by atoms with Crippen molar-refractivity contribution in [1.82, 2.24) is 4.57 Å². The van der Waals surface area contributed by atoms with Crippen LogP contribution in [0.15, 0.2) is 42.6 Å². The second kappa shape index (κ2) is 6.09. The molecule has 0 fully saturated rings. The summed E-state index contributed by atoms with van der Waals surface area (Å²) in [6.45, 7) is 3.30. The van der Waals surface area contributed by atoms with E-state index in [1.54, 1.807) is 6.08 Å². The Kier molecular flexibility index (Phi) is 4.23. The van der Waals surface area contributed by atoms with E-state index in [4.69, 9.17) is 9.84 Å². The average Bonchev–Trinajstić information content (AvgIpc) is 2.80. The predicted molar refractivity (Wildman–Crippen MR) is 74.5 cm³/mol. The minimum atomic E-state index is -0.927. The van der Waals surface area contributed by atoms with Gasteiger partial charge in [0.2, 0.25) is 0 Å². The third-order valence-corrected chi connectivity index (χ3v) is 2.80. The van der Waals surface area contributed by atoms with Gasteiger partial charge in [-0.05, 0) is 24.6 Å². The Morgan fingerprint density at radius 1 is 1.42 bits per heavy atom. The molecule has 0 spiro atoms. The van der Waals surface area contributed by atoms with E-state index in [0.717, 1.165) is 29.1 Å². The van der Waals surface area contributed by atoms with E-state index in [1.807, 2.05) is 35.0 Å². The number of carboxylic acid groups (broad SMARTS) is 1. The Balaban J connectivity index is 2.25. The smallest absolute Gasteiger partial charge is 0.328 e. The molecule has 0 aliphatic rings. The van der Waals surface area contributed by atoms with Crippen molar-refractivity contribution in [1.29, 1.82) is 0 Å². The summed E-state index contributed by atoms with van der Waals surface area (Å²) in [4.78, 5) is 10.4. The monoisotopic (exact) mass is 259 g/mol. The summed E-state index contributed by atoms with van der Waals surface area (Å²) >= 11 is 0. The number of ether oxygens (including phenoxy) is 1. The molecule has 0 aliphatic carbocycles. The topological polar surface area (TPSA) is 51.5 Å². The molecule has 1 aromatic carbocycles. The first-order chi connectivity index (χ1) is 9.22. The van der Waals surface area contributed by atoms with Gasteiger partial charge in [0.15, 0.2) is 0 Å². The Morgan fingerprint density at radius 2 is 2.26 bits per heavy atom. The third kappa shape index (κ3) is 3.16. The zero-order valence-corrected chi connectivity index (χ0v) is 10.9. The first-order valence-electron chi connectivity index (χ1n) is 6.32. The Hall–Kier alpha value is -2.23. The molecule has 1 heterocycles. The van der Waals surface area contributed by atoms with E-state index in [0.29, 0.717) is 13.2 Å². The molecule has 0 saturated heterocycles. The molecule has 1 aromatic heterocycles. The molecule has 0 radical (unpaired) electrons. The zero-order valence-electron chi connectivity index (χ0n) is 10.9. The van der Waals surface area contributed by atoms with E-state index in [9.17, 15) is 4.79 Å². The van der Waals surface area contributed by atoms with Crippen LogP contribution in [0.1, 0.15) is 13.3 Å². The van der Waals surface area contributed by atoms with Crippen LogP contribution in [0.3, 0.4) is 0 Å². The summed E-state index contributed by atoms with van der Waals surface area (Å²) in [5.74, 6) is -0.0521. The maximum absolute atomic E-state index is 10.4. The van der Waals surface area contributed by atoms with Crippen LogP contribution >= 0.6 is 0 Å². The summed E-state index contributed by atoms with van der Waals surface area (Å²) in [5.41, 5.74) is 1.05. The number of fused-ring (bicyclic) bond motifs is 1. The van der Waals surface area contributed by atoms with Crippen molar-refractivity contribution in [2.75, 3.05) is 6.61 Å². The maximum Gasteiger partial charge on any atom is 0.328 e. The number of benzene rings is 1. The van der Waals surface area contributed by atoms with Gasteiger partial charge in [0, 0.05) is 24.2 Å². The van der Waals surface area contributed by atoms with Crippen LogP contribution < -0.4 is 4.74 Å². The molecule has 2 aromatic rings. The molecule has 4 nitrogen and oxygen atoms in total. The number of carboxylic acids is 1. The van der Waals surface area contributed by atoms with Crippen molar-refractivity contribution < 1.29 is 14.6 Å². The highest BCUT2D eigenvalue weighted by atomic mass is 16.5. The van der Waals surface area contributed by atoms with Crippen molar-refractivity contribution in [3.05, 3.63) is 42.6 Å². The fourth-order valence-electron chi connectivity index (χ4n) is 1.96. The lowest BCUT2D eigenvalue weighted by atomic mass is 10.2. The summed E-state index contributed by atoms with van der Waals surface area (Å²) in [7, 11) is 0. The molecule has 19 heavy (non-hydrogen) atoms. The van der Waals surface area contributed by atoms with Crippen molar-refractivity contribution in [3.8, 4) is 5.75 Å². The standard InChI is InChI=1S/C15H17NO3/c1-2-11-19-14-6-3-5-13-12(14)8-10-16(13)9-4-7-15(17)18/h3-8,10H,2,9,11H2,1H3,(H,17,18)/b7-4+. The van der Waals surface area contributed by atoms with Crippen LogP contribution in [0.4, 0.5) is 0 Å². The van der Waals surface area contributed by atoms with Gasteiger partial charge in [-0.25, -0.2) is 4.79 Å². The maximum atomic E-state index is 10.4. The van der Waals surface area contributed by atoms with Crippen molar-refractivity contribution in [2.45, 2.75) is 19.9 Å². The van der Waals surface area contributed by atoms with Gasteiger partial charge in [-0.3, -0.25) is 0 Å².